The zero-order valence-corrected chi connectivity index (χ0v) is 11.5. The Balaban J connectivity index is 1.96. The monoisotopic (exact) mass is 266 g/mol. The molecule has 2 atom stereocenters. The summed E-state index contributed by atoms with van der Waals surface area (Å²) >= 11 is 4.19. The average Bonchev–Trinajstić information content (AvgIpc) is 2.28. The first-order valence-corrected chi connectivity index (χ1v) is 6.65. The van der Waals surface area contributed by atoms with E-state index in [0.717, 1.165) is 17.7 Å². The van der Waals surface area contributed by atoms with Crippen LogP contribution in [0.25, 0.3) is 0 Å². The van der Waals surface area contributed by atoms with Crippen LogP contribution in [0.5, 0.6) is 0 Å². The number of rotatable bonds is 2. The maximum Gasteiger partial charge on any atom is 0.338 e. The fraction of sp³-hybridized carbons (Fsp3) is 0.500. The molecule has 2 rings (SSSR count). The topological polar surface area (TPSA) is 35.5 Å². The molecule has 0 saturated carbocycles. The number of esters is 1. The zero-order chi connectivity index (χ0) is 13.1. The number of ether oxygens (including phenoxy) is 2. The number of benzene rings is 1. The Hall–Kier alpha value is -1.00. The van der Waals surface area contributed by atoms with Crippen LogP contribution in [-0.2, 0) is 9.47 Å². The molecule has 98 valence electrons. The Labute approximate surface area is 113 Å². The molecule has 0 amide bonds. The third-order valence-electron chi connectivity index (χ3n) is 3.03. The van der Waals surface area contributed by atoms with E-state index in [0.29, 0.717) is 5.56 Å². The lowest BCUT2D eigenvalue weighted by Gasteiger charge is -2.31. The highest BCUT2D eigenvalue weighted by Crippen LogP contribution is 2.22. The van der Waals surface area contributed by atoms with Gasteiger partial charge in [0.05, 0.1) is 17.8 Å². The molecular weight excluding hydrogens is 248 g/mol. The first-order valence-electron chi connectivity index (χ1n) is 6.20. The smallest absolute Gasteiger partial charge is 0.338 e. The maximum absolute atomic E-state index is 11.9. The van der Waals surface area contributed by atoms with Crippen molar-refractivity contribution in [2.45, 2.75) is 49.9 Å². The standard InChI is InChI=1S/C14H18O3S/c1-9-7-12(8-10(2)16-9)17-14(15)11-3-5-13(18)6-4-11/h3-6,9-10,12,18H,7-8H2,1-2H3. The molecule has 1 fully saturated rings. The van der Waals surface area contributed by atoms with E-state index in [-0.39, 0.29) is 24.3 Å². The molecule has 0 radical (unpaired) electrons. The summed E-state index contributed by atoms with van der Waals surface area (Å²) in [5.74, 6) is -0.269. The molecule has 1 aromatic carbocycles. The second-order valence-electron chi connectivity index (χ2n) is 4.80. The van der Waals surface area contributed by atoms with Crippen molar-refractivity contribution in [3.63, 3.8) is 0 Å². The van der Waals surface area contributed by atoms with Crippen LogP contribution in [0.1, 0.15) is 37.0 Å². The summed E-state index contributed by atoms with van der Waals surface area (Å²) in [7, 11) is 0. The number of carbonyl (C=O) groups excluding carboxylic acids is 1. The molecule has 2 unspecified atom stereocenters. The zero-order valence-electron chi connectivity index (χ0n) is 10.6. The first kappa shape index (κ1) is 13.4. The Bertz CT molecular complexity index is 406. The van der Waals surface area contributed by atoms with E-state index >= 15 is 0 Å². The largest absolute Gasteiger partial charge is 0.459 e. The molecule has 1 aliphatic rings. The summed E-state index contributed by atoms with van der Waals surface area (Å²) in [6, 6.07) is 7.04. The third kappa shape index (κ3) is 3.50. The molecule has 4 heteroatoms. The highest BCUT2D eigenvalue weighted by molar-refractivity contribution is 7.80. The van der Waals surface area contributed by atoms with Crippen molar-refractivity contribution in [3.05, 3.63) is 29.8 Å². The minimum atomic E-state index is -0.269. The summed E-state index contributed by atoms with van der Waals surface area (Å²) in [5.41, 5.74) is 0.569. The Kier molecular flexibility index (Phi) is 4.30. The minimum absolute atomic E-state index is 0.0491. The normalized spacial score (nSPS) is 27.8. The minimum Gasteiger partial charge on any atom is -0.459 e. The SMILES string of the molecule is CC1CC(OC(=O)c2ccc(S)cc2)CC(C)O1. The average molecular weight is 266 g/mol. The van der Waals surface area contributed by atoms with Gasteiger partial charge in [0, 0.05) is 17.7 Å². The van der Waals surface area contributed by atoms with Crippen LogP contribution in [0.3, 0.4) is 0 Å². The Morgan fingerprint density at radius 3 is 2.33 bits per heavy atom. The van der Waals surface area contributed by atoms with Crippen LogP contribution in [0.2, 0.25) is 0 Å². The summed E-state index contributed by atoms with van der Waals surface area (Å²) in [6.07, 6.45) is 1.77. The lowest BCUT2D eigenvalue weighted by Crippen LogP contribution is -2.35. The highest BCUT2D eigenvalue weighted by Gasteiger charge is 2.27. The van der Waals surface area contributed by atoms with E-state index in [1.807, 2.05) is 13.8 Å². The molecule has 3 nitrogen and oxygen atoms in total. The van der Waals surface area contributed by atoms with Crippen molar-refractivity contribution in [2.75, 3.05) is 0 Å². The molecule has 1 aliphatic heterocycles. The van der Waals surface area contributed by atoms with Gasteiger partial charge < -0.3 is 9.47 Å². The van der Waals surface area contributed by atoms with Crippen LogP contribution in [0.15, 0.2) is 29.2 Å². The van der Waals surface area contributed by atoms with Crippen LogP contribution >= 0.6 is 12.6 Å². The quantitative estimate of drug-likeness (QED) is 0.660. The van der Waals surface area contributed by atoms with Crippen molar-refractivity contribution < 1.29 is 14.3 Å². The molecule has 0 aliphatic carbocycles. The fourth-order valence-corrected chi connectivity index (χ4v) is 2.41. The Morgan fingerprint density at radius 2 is 1.78 bits per heavy atom. The van der Waals surface area contributed by atoms with Gasteiger partial charge in [-0.05, 0) is 38.1 Å². The van der Waals surface area contributed by atoms with Gasteiger partial charge in [-0.25, -0.2) is 4.79 Å². The lowest BCUT2D eigenvalue weighted by atomic mass is 10.0. The summed E-state index contributed by atoms with van der Waals surface area (Å²) in [5, 5.41) is 0. The van der Waals surface area contributed by atoms with Crippen LogP contribution in [0, 0.1) is 0 Å². The molecule has 1 saturated heterocycles. The van der Waals surface area contributed by atoms with E-state index in [1.165, 1.54) is 0 Å². The van der Waals surface area contributed by atoms with Crippen molar-refractivity contribution in [2.24, 2.45) is 0 Å². The number of hydrogen-bond donors (Lipinski definition) is 1. The summed E-state index contributed by atoms with van der Waals surface area (Å²) in [6.45, 7) is 4.01. The van der Waals surface area contributed by atoms with Gasteiger partial charge in [0.25, 0.3) is 0 Å². The highest BCUT2D eigenvalue weighted by atomic mass is 32.1. The van der Waals surface area contributed by atoms with Gasteiger partial charge in [-0.2, -0.15) is 0 Å². The molecular formula is C14H18O3S. The fourth-order valence-electron chi connectivity index (χ4n) is 2.26. The number of thiol groups is 1. The van der Waals surface area contributed by atoms with Crippen molar-refractivity contribution in [3.8, 4) is 0 Å². The first-order chi connectivity index (χ1) is 8.54. The van der Waals surface area contributed by atoms with Crippen LogP contribution < -0.4 is 0 Å². The molecule has 0 aromatic heterocycles. The number of carbonyl (C=O) groups is 1. The van der Waals surface area contributed by atoms with Gasteiger partial charge in [0.15, 0.2) is 0 Å². The van der Waals surface area contributed by atoms with E-state index in [1.54, 1.807) is 24.3 Å². The van der Waals surface area contributed by atoms with Gasteiger partial charge in [-0.3, -0.25) is 0 Å². The summed E-state index contributed by atoms with van der Waals surface area (Å²) < 4.78 is 11.1. The maximum atomic E-state index is 11.9. The number of hydrogen-bond acceptors (Lipinski definition) is 4. The van der Waals surface area contributed by atoms with E-state index in [2.05, 4.69) is 12.6 Å². The third-order valence-corrected chi connectivity index (χ3v) is 3.33. The molecule has 18 heavy (non-hydrogen) atoms. The van der Waals surface area contributed by atoms with Crippen molar-refractivity contribution in [1.82, 2.24) is 0 Å². The van der Waals surface area contributed by atoms with Gasteiger partial charge >= 0.3 is 5.97 Å². The lowest BCUT2D eigenvalue weighted by molar-refractivity contribution is -0.0855. The van der Waals surface area contributed by atoms with Crippen molar-refractivity contribution >= 4 is 18.6 Å². The van der Waals surface area contributed by atoms with Gasteiger partial charge in [0.2, 0.25) is 0 Å². The molecule has 0 spiro atoms. The van der Waals surface area contributed by atoms with Crippen LogP contribution in [-0.4, -0.2) is 24.3 Å². The van der Waals surface area contributed by atoms with Crippen molar-refractivity contribution in [1.29, 1.82) is 0 Å². The molecule has 1 heterocycles. The second kappa shape index (κ2) is 5.76. The van der Waals surface area contributed by atoms with Gasteiger partial charge in [-0.15, -0.1) is 12.6 Å². The predicted octanol–water partition coefficient (Wildman–Crippen LogP) is 3.09. The predicted molar refractivity (Wildman–Crippen MR) is 72.1 cm³/mol. The second-order valence-corrected chi connectivity index (χ2v) is 5.32. The molecule has 0 N–H and O–H groups in total. The van der Waals surface area contributed by atoms with E-state index in [4.69, 9.17) is 9.47 Å². The van der Waals surface area contributed by atoms with E-state index in [9.17, 15) is 4.79 Å². The molecule has 0 bridgehead atoms. The molecule has 1 aromatic rings. The summed E-state index contributed by atoms with van der Waals surface area (Å²) in [4.78, 5) is 12.8. The Morgan fingerprint density at radius 1 is 1.22 bits per heavy atom. The van der Waals surface area contributed by atoms with E-state index < -0.39 is 0 Å². The van der Waals surface area contributed by atoms with Crippen LogP contribution in [0.4, 0.5) is 0 Å². The van der Waals surface area contributed by atoms with Gasteiger partial charge in [-0.1, -0.05) is 0 Å². The van der Waals surface area contributed by atoms with Gasteiger partial charge in [0.1, 0.15) is 6.10 Å².